The van der Waals surface area contributed by atoms with E-state index in [1.54, 1.807) is 0 Å². The lowest BCUT2D eigenvalue weighted by Crippen LogP contribution is -2.19. The highest BCUT2D eigenvalue weighted by Crippen LogP contribution is 2.08. The van der Waals surface area contributed by atoms with Crippen molar-refractivity contribution in [3.05, 3.63) is 25.0 Å². The summed E-state index contributed by atoms with van der Waals surface area (Å²) in [7, 11) is 0. The predicted octanol–water partition coefficient (Wildman–Crippen LogP) is 3.49. The van der Waals surface area contributed by atoms with Crippen LogP contribution >= 0.6 is 0 Å². The van der Waals surface area contributed by atoms with Crippen LogP contribution in [0.15, 0.2) is 25.0 Å². The van der Waals surface area contributed by atoms with Gasteiger partial charge < -0.3 is 4.74 Å². The molecule has 20 heavy (non-hydrogen) atoms. The van der Waals surface area contributed by atoms with Crippen LogP contribution < -0.4 is 5.32 Å². The highest BCUT2D eigenvalue weighted by molar-refractivity contribution is 6.12. The third-order valence-corrected chi connectivity index (χ3v) is 2.87. The number of rotatable bonds is 10. The van der Waals surface area contributed by atoms with Crippen LogP contribution in [0.3, 0.4) is 0 Å². The molecule has 2 amide bonds. The number of imide groups is 1. The maximum Gasteiger partial charge on any atom is 0.250 e. The molecule has 0 unspecified atom stereocenters. The topological polar surface area (TPSA) is 55.4 Å². The van der Waals surface area contributed by atoms with Crippen molar-refractivity contribution in [2.24, 2.45) is 0 Å². The summed E-state index contributed by atoms with van der Waals surface area (Å²) >= 11 is 0. The van der Waals surface area contributed by atoms with Crippen molar-refractivity contribution in [1.82, 2.24) is 5.32 Å². The van der Waals surface area contributed by atoms with Gasteiger partial charge in [0.15, 0.2) is 0 Å². The van der Waals surface area contributed by atoms with Crippen molar-refractivity contribution in [3.63, 3.8) is 0 Å². The number of amides is 2. The third kappa shape index (κ3) is 12.9. The Balaban J connectivity index is 0.000000428. The number of hydrogen-bond acceptors (Lipinski definition) is 3. The fourth-order valence-electron chi connectivity index (χ4n) is 1.76. The second kappa shape index (κ2) is 13.8. The molecular formula is C16H27NO3. The van der Waals surface area contributed by atoms with Gasteiger partial charge in [-0.25, -0.2) is 0 Å². The van der Waals surface area contributed by atoms with E-state index < -0.39 is 0 Å². The molecule has 0 aliphatic carbocycles. The van der Waals surface area contributed by atoms with Gasteiger partial charge in [-0.3, -0.25) is 14.9 Å². The molecule has 4 heteroatoms. The lowest BCUT2D eigenvalue weighted by molar-refractivity contribution is -0.123. The van der Waals surface area contributed by atoms with Crippen LogP contribution in [0.2, 0.25) is 0 Å². The molecule has 0 saturated heterocycles. The molecule has 0 spiro atoms. The lowest BCUT2D eigenvalue weighted by Gasteiger charge is -2.01. The zero-order valence-corrected chi connectivity index (χ0v) is 12.5. The summed E-state index contributed by atoms with van der Waals surface area (Å²) in [5.41, 5.74) is 0. The van der Waals surface area contributed by atoms with Gasteiger partial charge >= 0.3 is 0 Å². The summed E-state index contributed by atoms with van der Waals surface area (Å²) in [6.07, 6.45) is 14.7. The van der Waals surface area contributed by atoms with E-state index in [0.29, 0.717) is 0 Å². The number of ether oxygens (including phenoxy) is 1. The van der Waals surface area contributed by atoms with E-state index in [-0.39, 0.29) is 11.8 Å². The van der Waals surface area contributed by atoms with Gasteiger partial charge in [-0.2, -0.15) is 0 Å². The molecule has 0 aromatic carbocycles. The number of unbranched alkanes of at least 4 members (excludes halogenated alkanes) is 7. The van der Waals surface area contributed by atoms with Crippen LogP contribution in [-0.4, -0.2) is 18.4 Å². The summed E-state index contributed by atoms with van der Waals surface area (Å²) in [5.74, 6) is -0.657. The molecule has 1 aliphatic rings. The zero-order valence-electron chi connectivity index (χ0n) is 12.5. The highest BCUT2D eigenvalue weighted by Gasteiger charge is 2.06. The van der Waals surface area contributed by atoms with E-state index in [4.69, 9.17) is 4.74 Å². The van der Waals surface area contributed by atoms with Gasteiger partial charge in [-0.15, -0.1) is 0 Å². The molecule has 1 aliphatic heterocycles. The van der Waals surface area contributed by atoms with Crippen molar-refractivity contribution in [2.75, 3.05) is 6.61 Å². The Kier molecular flexibility index (Phi) is 12.7. The van der Waals surface area contributed by atoms with E-state index in [1.807, 2.05) is 5.32 Å². The molecule has 0 bridgehead atoms. The fraction of sp³-hybridized carbons (Fsp3) is 0.625. The molecule has 0 aromatic heterocycles. The zero-order chi connectivity index (χ0) is 15.1. The highest BCUT2D eigenvalue weighted by atomic mass is 16.5. The van der Waals surface area contributed by atoms with Gasteiger partial charge in [-0.1, -0.05) is 58.4 Å². The maximum atomic E-state index is 10.0. The van der Waals surface area contributed by atoms with Gasteiger partial charge in [0.1, 0.15) is 0 Å². The Morgan fingerprint density at radius 1 is 1.00 bits per heavy atom. The minimum atomic E-state index is -0.329. The molecule has 0 saturated carbocycles. The number of carbonyl (C=O) groups excluding carboxylic acids is 2. The predicted molar refractivity (Wildman–Crippen MR) is 81.0 cm³/mol. The van der Waals surface area contributed by atoms with Crippen LogP contribution in [0, 0.1) is 0 Å². The van der Waals surface area contributed by atoms with Crippen LogP contribution in [0.1, 0.15) is 58.3 Å². The standard InChI is InChI=1S/C12H24O.C4H3NO2/c1-3-5-6-7-8-9-10-11-12-13-4-2;6-3-1-2-4(7)5-3/h4H,2-3,5-12H2,1H3;1-2H,(H,5,6,7). The van der Waals surface area contributed by atoms with Gasteiger partial charge in [0, 0.05) is 12.2 Å². The monoisotopic (exact) mass is 281 g/mol. The quantitative estimate of drug-likeness (QED) is 0.379. The fourth-order valence-corrected chi connectivity index (χ4v) is 1.76. The van der Waals surface area contributed by atoms with E-state index in [2.05, 4.69) is 13.5 Å². The van der Waals surface area contributed by atoms with E-state index >= 15 is 0 Å². The van der Waals surface area contributed by atoms with Crippen molar-refractivity contribution in [3.8, 4) is 0 Å². The first kappa shape index (κ1) is 18.4. The third-order valence-electron chi connectivity index (χ3n) is 2.87. The molecule has 4 nitrogen and oxygen atoms in total. The SMILES string of the molecule is C=COCCCCCCCCCC.O=C1C=CC(=O)N1. The first-order valence-corrected chi connectivity index (χ1v) is 7.46. The molecular weight excluding hydrogens is 254 g/mol. The average molecular weight is 281 g/mol. The maximum absolute atomic E-state index is 10.0. The van der Waals surface area contributed by atoms with Crippen LogP contribution in [0.4, 0.5) is 0 Å². The Labute approximate surface area is 122 Å². The summed E-state index contributed by atoms with van der Waals surface area (Å²) in [6.45, 7) is 6.61. The minimum Gasteiger partial charge on any atom is -0.502 e. The van der Waals surface area contributed by atoms with Gasteiger partial charge in [0.05, 0.1) is 12.9 Å². The van der Waals surface area contributed by atoms with Crippen LogP contribution in [0.5, 0.6) is 0 Å². The number of carbonyl (C=O) groups is 2. The molecule has 0 atom stereocenters. The normalized spacial score (nSPS) is 12.7. The first-order chi connectivity index (χ1) is 9.70. The van der Waals surface area contributed by atoms with E-state index in [0.717, 1.165) is 6.61 Å². The van der Waals surface area contributed by atoms with Gasteiger partial charge in [0.25, 0.3) is 11.8 Å². The molecule has 1 N–H and O–H groups in total. The lowest BCUT2D eigenvalue weighted by atomic mass is 10.1. The summed E-state index contributed by atoms with van der Waals surface area (Å²) < 4.78 is 5.04. The van der Waals surface area contributed by atoms with Crippen molar-refractivity contribution >= 4 is 11.8 Å². The van der Waals surface area contributed by atoms with Crippen molar-refractivity contribution in [1.29, 1.82) is 0 Å². The summed E-state index contributed by atoms with van der Waals surface area (Å²) in [4.78, 5) is 20.1. The Morgan fingerprint density at radius 2 is 1.50 bits per heavy atom. The molecule has 0 fully saturated rings. The molecule has 1 rings (SSSR count). The second-order valence-electron chi connectivity index (χ2n) is 4.70. The first-order valence-electron chi connectivity index (χ1n) is 7.46. The smallest absolute Gasteiger partial charge is 0.250 e. The van der Waals surface area contributed by atoms with Crippen molar-refractivity contribution < 1.29 is 14.3 Å². The van der Waals surface area contributed by atoms with E-state index in [1.165, 1.54) is 69.8 Å². The molecule has 0 radical (unpaired) electrons. The van der Waals surface area contributed by atoms with E-state index in [9.17, 15) is 9.59 Å². The minimum absolute atomic E-state index is 0.329. The largest absolute Gasteiger partial charge is 0.502 e. The molecule has 1 heterocycles. The van der Waals surface area contributed by atoms with Crippen LogP contribution in [-0.2, 0) is 14.3 Å². The van der Waals surface area contributed by atoms with Gasteiger partial charge in [0.2, 0.25) is 0 Å². The Morgan fingerprint density at radius 3 is 1.90 bits per heavy atom. The molecule has 114 valence electrons. The van der Waals surface area contributed by atoms with Crippen LogP contribution in [0.25, 0.3) is 0 Å². The summed E-state index contributed by atoms with van der Waals surface area (Å²) in [6, 6.07) is 0. The van der Waals surface area contributed by atoms with Gasteiger partial charge in [-0.05, 0) is 6.42 Å². The number of hydrogen-bond donors (Lipinski definition) is 1. The molecule has 0 aromatic rings. The Hall–Kier alpha value is -1.58. The Bertz CT molecular complexity index is 295. The second-order valence-corrected chi connectivity index (χ2v) is 4.70. The number of nitrogens with one attached hydrogen (secondary N) is 1. The average Bonchev–Trinajstić information content (AvgIpc) is 2.81. The summed E-state index contributed by atoms with van der Waals surface area (Å²) in [5, 5.41) is 2.03. The van der Waals surface area contributed by atoms with Crippen molar-refractivity contribution in [2.45, 2.75) is 58.3 Å².